The van der Waals surface area contributed by atoms with E-state index in [1.54, 1.807) is 6.92 Å². The Balaban J connectivity index is 2.98. The summed E-state index contributed by atoms with van der Waals surface area (Å²) in [5, 5.41) is 13.6. The van der Waals surface area contributed by atoms with E-state index in [2.05, 4.69) is 5.10 Å². The summed E-state index contributed by atoms with van der Waals surface area (Å²) in [4.78, 5) is 11.2. The second-order valence-electron chi connectivity index (χ2n) is 4.49. The molecule has 1 aromatic rings. The zero-order chi connectivity index (χ0) is 12.3. The lowest BCUT2D eigenvalue weighted by Crippen LogP contribution is -2.30. The van der Waals surface area contributed by atoms with E-state index in [0.29, 0.717) is 12.8 Å². The Bertz CT molecular complexity index is 384. The molecule has 0 amide bonds. The number of aliphatic carboxylic acids is 1. The number of hydrogen-bond acceptors (Lipinski definition) is 2. The second-order valence-corrected chi connectivity index (χ2v) is 4.49. The highest BCUT2D eigenvalue weighted by atomic mass is 16.4. The van der Waals surface area contributed by atoms with Crippen LogP contribution in [-0.2, 0) is 17.8 Å². The second kappa shape index (κ2) is 4.68. The molecule has 0 saturated carbocycles. The van der Waals surface area contributed by atoms with Crippen LogP contribution in [0.4, 0.5) is 0 Å². The Hall–Kier alpha value is -1.32. The monoisotopic (exact) mass is 224 g/mol. The standard InChI is InChI=1S/C12H20N2O2/c1-5-12(4,11(15)16)8-10-7-9(3)13-14(10)6-2/h7H,5-6,8H2,1-4H3,(H,15,16). The summed E-state index contributed by atoms with van der Waals surface area (Å²) in [5.74, 6) is -0.739. The summed E-state index contributed by atoms with van der Waals surface area (Å²) in [6.45, 7) is 8.42. The molecule has 4 heteroatoms. The first-order valence-electron chi connectivity index (χ1n) is 5.69. The molecular weight excluding hydrogens is 204 g/mol. The van der Waals surface area contributed by atoms with Gasteiger partial charge in [0.05, 0.1) is 11.1 Å². The summed E-state index contributed by atoms with van der Waals surface area (Å²) < 4.78 is 1.88. The van der Waals surface area contributed by atoms with Crippen LogP contribution in [0.1, 0.15) is 38.6 Å². The van der Waals surface area contributed by atoms with Crippen LogP contribution < -0.4 is 0 Å². The first-order valence-corrected chi connectivity index (χ1v) is 5.69. The number of aromatic nitrogens is 2. The molecule has 1 rings (SSSR count). The largest absolute Gasteiger partial charge is 0.481 e. The fraction of sp³-hybridized carbons (Fsp3) is 0.667. The summed E-state index contributed by atoms with van der Waals surface area (Å²) in [6, 6.07) is 1.97. The van der Waals surface area contributed by atoms with Crippen molar-refractivity contribution in [3.8, 4) is 0 Å². The topological polar surface area (TPSA) is 55.1 Å². The molecule has 1 aromatic heterocycles. The van der Waals surface area contributed by atoms with Gasteiger partial charge < -0.3 is 5.11 Å². The third-order valence-corrected chi connectivity index (χ3v) is 3.15. The highest BCUT2D eigenvalue weighted by Crippen LogP contribution is 2.27. The van der Waals surface area contributed by atoms with Crippen molar-refractivity contribution in [3.63, 3.8) is 0 Å². The van der Waals surface area contributed by atoms with Gasteiger partial charge in [-0.3, -0.25) is 9.48 Å². The van der Waals surface area contributed by atoms with E-state index >= 15 is 0 Å². The molecule has 0 bridgehead atoms. The van der Waals surface area contributed by atoms with E-state index in [4.69, 9.17) is 0 Å². The summed E-state index contributed by atoms with van der Waals surface area (Å²) in [5.41, 5.74) is 1.26. The van der Waals surface area contributed by atoms with Gasteiger partial charge in [0.1, 0.15) is 0 Å². The minimum Gasteiger partial charge on any atom is -0.481 e. The van der Waals surface area contributed by atoms with Crippen molar-refractivity contribution in [3.05, 3.63) is 17.5 Å². The van der Waals surface area contributed by atoms with Gasteiger partial charge in [-0.1, -0.05) is 6.92 Å². The lowest BCUT2D eigenvalue weighted by Gasteiger charge is -2.23. The van der Waals surface area contributed by atoms with E-state index in [1.807, 2.05) is 31.5 Å². The minimum absolute atomic E-state index is 0.535. The molecule has 0 radical (unpaired) electrons. The molecule has 1 atom stereocenters. The third-order valence-electron chi connectivity index (χ3n) is 3.15. The average Bonchev–Trinajstić information content (AvgIpc) is 2.58. The predicted molar refractivity (Wildman–Crippen MR) is 62.4 cm³/mol. The van der Waals surface area contributed by atoms with Crippen LogP contribution in [0.25, 0.3) is 0 Å². The van der Waals surface area contributed by atoms with Crippen molar-refractivity contribution >= 4 is 5.97 Å². The molecule has 90 valence electrons. The van der Waals surface area contributed by atoms with Crippen LogP contribution in [0.5, 0.6) is 0 Å². The van der Waals surface area contributed by atoms with Crippen molar-refractivity contribution in [2.24, 2.45) is 5.41 Å². The molecule has 16 heavy (non-hydrogen) atoms. The molecule has 1 heterocycles. The van der Waals surface area contributed by atoms with Crippen LogP contribution in [0, 0.1) is 12.3 Å². The van der Waals surface area contributed by atoms with Crippen LogP contribution in [0.3, 0.4) is 0 Å². The molecule has 0 saturated heterocycles. The van der Waals surface area contributed by atoms with Gasteiger partial charge in [0, 0.05) is 18.7 Å². The third kappa shape index (κ3) is 2.43. The molecule has 0 aliphatic carbocycles. The van der Waals surface area contributed by atoms with Crippen molar-refractivity contribution in [2.75, 3.05) is 0 Å². The van der Waals surface area contributed by atoms with E-state index < -0.39 is 11.4 Å². The maximum atomic E-state index is 11.2. The van der Waals surface area contributed by atoms with Gasteiger partial charge in [0.15, 0.2) is 0 Å². The smallest absolute Gasteiger partial charge is 0.309 e. The van der Waals surface area contributed by atoms with Gasteiger partial charge >= 0.3 is 5.97 Å². The molecule has 0 aliphatic rings. The Labute approximate surface area is 96.3 Å². The number of aryl methyl sites for hydroxylation is 2. The van der Waals surface area contributed by atoms with Gasteiger partial charge in [-0.2, -0.15) is 5.10 Å². The highest BCUT2D eigenvalue weighted by Gasteiger charge is 2.32. The SMILES string of the molecule is CCn1nc(C)cc1CC(C)(CC)C(=O)O. The van der Waals surface area contributed by atoms with Crippen LogP contribution in [-0.4, -0.2) is 20.9 Å². The first kappa shape index (κ1) is 12.7. The Kier molecular flexibility index (Phi) is 3.73. The molecule has 0 spiro atoms. The zero-order valence-corrected chi connectivity index (χ0v) is 10.4. The molecule has 1 N–H and O–H groups in total. The van der Waals surface area contributed by atoms with E-state index in [0.717, 1.165) is 17.9 Å². The average molecular weight is 224 g/mol. The highest BCUT2D eigenvalue weighted by molar-refractivity contribution is 5.74. The zero-order valence-electron chi connectivity index (χ0n) is 10.4. The van der Waals surface area contributed by atoms with Crippen molar-refractivity contribution in [2.45, 2.75) is 47.1 Å². The Morgan fingerprint density at radius 3 is 2.62 bits per heavy atom. The summed E-state index contributed by atoms with van der Waals surface area (Å²) in [7, 11) is 0. The van der Waals surface area contributed by atoms with Crippen LogP contribution in [0.2, 0.25) is 0 Å². The van der Waals surface area contributed by atoms with Gasteiger partial charge in [0.25, 0.3) is 0 Å². The number of carboxylic acid groups (broad SMARTS) is 1. The van der Waals surface area contributed by atoms with Crippen LogP contribution >= 0.6 is 0 Å². The fourth-order valence-corrected chi connectivity index (χ4v) is 1.77. The molecule has 1 unspecified atom stereocenters. The quantitative estimate of drug-likeness (QED) is 0.834. The number of rotatable bonds is 5. The Morgan fingerprint density at radius 2 is 2.19 bits per heavy atom. The fourth-order valence-electron chi connectivity index (χ4n) is 1.77. The number of nitrogens with zero attached hydrogens (tertiary/aromatic N) is 2. The summed E-state index contributed by atoms with van der Waals surface area (Å²) >= 11 is 0. The van der Waals surface area contributed by atoms with Crippen molar-refractivity contribution in [1.29, 1.82) is 0 Å². The van der Waals surface area contributed by atoms with E-state index in [9.17, 15) is 9.90 Å². The van der Waals surface area contributed by atoms with E-state index in [-0.39, 0.29) is 0 Å². The van der Waals surface area contributed by atoms with Gasteiger partial charge in [-0.05, 0) is 33.3 Å². The minimum atomic E-state index is -0.739. The normalized spacial score (nSPS) is 14.8. The van der Waals surface area contributed by atoms with Gasteiger partial charge in [-0.25, -0.2) is 0 Å². The molecule has 0 aliphatic heterocycles. The molecular formula is C12H20N2O2. The molecule has 0 fully saturated rings. The molecule has 0 aromatic carbocycles. The van der Waals surface area contributed by atoms with Gasteiger partial charge in [0.2, 0.25) is 0 Å². The lowest BCUT2D eigenvalue weighted by molar-refractivity contribution is -0.148. The number of carboxylic acids is 1. The molecule has 4 nitrogen and oxygen atoms in total. The van der Waals surface area contributed by atoms with Crippen molar-refractivity contribution < 1.29 is 9.90 Å². The van der Waals surface area contributed by atoms with E-state index in [1.165, 1.54) is 0 Å². The number of carbonyl (C=O) groups is 1. The maximum Gasteiger partial charge on any atom is 0.309 e. The lowest BCUT2D eigenvalue weighted by atomic mass is 9.83. The van der Waals surface area contributed by atoms with Crippen LogP contribution in [0.15, 0.2) is 6.07 Å². The Morgan fingerprint density at radius 1 is 1.56 bits per heavy atom. The van der Waals surface area contributed by atoms with Gasteiger partial charge in [-0.15, -0.1) is 0 Å². The first-order chi connectivity index (χ1) is 7.42. The predicted octanol–water partition coefficient (Wildman–Crippen LogP) is 2.25. The number of hydrogen-bond donors (Lipinski definition) is 1. The summed E-state index contributed by atoms with van der Waals surface area (Å²) in [6.07, 6.45) is 1.16. The van der Waals surface area contributed by atoms with Crippen molar-refractivity contribution in [1.82, 2.24) is 9.78 Å². The maximum absolute atomic E-state index is 11.2.